The van der Waals surface area contributed by atoms with Gasteiger partial charge in [-0.2, -0.15) is 0 Å². The van der Waals surface area contributed by atoms with E-state index in [1.54, 1.807) is 0 Å². The molecule has 3 aromatic rings. The van der Waals surface area contributed by atoms with E-state index in [1.165, 1.54) is 22.2 Å². The predicted octanol–water partition coefficient (Wildman–Crippen LogP) is 3.29. The average molecular weight is 355 g/mol. The molecule has 0 saturated heterocycles. The number of carbonyl (C=O) groups is 1. The lowest BCUT2D eigenvalue weighted by Crippen LogP contribution is -2.39. The van der Waals surface area contributed by atoms with Crippen molar-refractivity contribution < 1.29 is 4.79 Å². The number of benzene rings is 1. The third-order valence-electron chi connectivity index (χ3n) is 4.26. The summed E-state index contributed by atoms with van der Waals surface area (Å²) in [6.45, 7) is 6.03. The highest BCUT2D eigenvalue weighted by molar-refractivity contribution is 7.22. The van der Waals surface area contributed by atoms with E-state index >= 15 is 0 Å². The van der Waals surface area contributed by atoms with Crippen LogP contribution in [0.2, 0.25) is 0 Å². The zero-order valence-corrected chi connectivity index (χ0v) is 15.3. The summed E-state index contributed by atoms with van der Waals surface area (Å²) in [7, 11) is 0. The number of rotatable bonds is 5. The van der Waals surface area contributed by atoms with Crippen LogP contribution in [-0.2, 0) is 11.3 Å². The molecule has 1 atom stereocenters. The van der Waals surface area contributed by atoms with Crippen molar-refractivity contribution in [1.29, 1.82) is 0 Å². The Hall–Kier alpha value is -2.47. The van der Waals surface area contributed by atoms with Crippen LogP contribution in [0.25, 0.3) is 20.7 Å². The van der Waals surface area contributed by atoms with Gasteiger partial charge in [-0.25, -0.2) is 4.98 Å². The Kier molecular flexibility index (Phi) is 4.99. The normalized spacial score (nSPS) is 12.5. The van der Waals surface area contributed by atoms with Crippen LogP contribution in [0.1, 0.15) is 20.8 Å². The van der Waals surface area contributed by atoms with Crippen LogP contribution in [-0.4, -0.2) is 21.5 Å². The SMILES string of the molecule is CC(C)C(C)NC(=O)Cn1cnc2cc(-c3ccccc3)sc2c1=O. The van der Waals surface area contributed by atoms with Crippen molar-refractivity contribution in [3.8, 4) is 10.4 Å². The van der Waals surface area contributed by atoms with Gasteiger partial charge in [-0.15, -0.1) is 11.3 Å². The van der Waals surface area contributed by atoms with Crippen molar-refractivity contribution >= 4 is 27.5 Å². The number of hydrogen-bond donors (Lipinski definition) is 1. The van der Waals surface area contributed by atoms with Crippen LogP contribution in [0.3, 0.4) is 0 Å². The quantitative estimate of drug-likeness (QED) is 0.764. The van der Waals surface area contributed by atoms with E-state index in [0.717, 1.165) is 10.4 Å². The van der Waals surface area contributed by atoms with Gasteiger partial charge in [-0.05, 0) is 24.5 Å². The van der Waals surface area contributed by atoms with Gasteiger partial charge in [-0.3, -0.25) is 14.2 Å². The third-order valence-corrected chi connectivity index (χ3v) is 5.43. The fraction of sp³-hybridized carbons (Fsp3) is 0.316. The minimum absolute atomic E-state index is 0.0165. The van der Waals surface area contributed by atoms with Crippen LogP contribution >= 0.6 is 11.3 Å². The first-order valence-electron chi connectivity index (χ1n) is 8.29. The Morgan fingerprint density at radius 2 is 1.96 bits per heavy atom. The number of nitrogens with zero attached hydrogens (tertiary/aromatic N) is 2. The van der Waals surface area contributed by atoms with Gasteiger partial charge < -0.3 is 5.32 Å². The summed E-state index contributed by atoms with van der Waals surface area (Å²) in [5, 5.41) is 2.91. The molecule has 3 rings (SSSR count). The van der Waals surface area contributed by atoms with Crippen LogP contribution < -0.4 is 10.9 Å². The average Bonchev–Trinajstić information content (AvgIpc) is 3.03. The molecule has 6 heteroatoms. The second-order valence-corrected chi connectivity index (χ2v) is 7.52. The van der Waals surface area contributed by atoms with E-state index in [2.05, 4.69) is 10.3 Å². The number of aromatic nitrogens is 2. The summed E-state index contributed by atoms with van der Waals surface area (Å²) < 4.78 is 1.95. The summed E-state index contributed by atoms with van der Waals surface area (Å²) in [5.74, 6) is 0.163. The van der Waals surface area contributed by atoms with Crippen LogP contribution in [0, 0.1) is 5.92 Å². The molecule has 0 radical (unpaired) electrons. The van der Waals surface area contributed by atoms with Gasteiger partial charge in [0.1, 0.15) is 11.2 Å². The number of thiophene rings is 1. The van der Waals surface area contributed by atoms with Gasteiger partial charge in [0, 0.05) is 10.9 Å². The van der Waals surface area contributed by atoms with Crippen molar-refractivity contribution in [1.82, 2.24) is 14.9 Å². The largest absolute Gasteiger partial charge is 0.352 e. The van der Waals surface area contributed by atoms with E-state index < -0.39 is 0 Å². The fourth-order valence-corrected chi connectivity index (χ4v) is 3.49. The third kappa shape index (κ3) is 3.79. The van der Waals surface area contributed by atoms with E-state index in [0.29, 0.717) is 16.1 Å². The lowest BCUT2D eigenvalue weighted by Gasteiger charge is -2.17. The maximum Gasteiger partial charge on any atom is 0.271 e. The highest BCUT2D eigenvalue weighted by atomic mass is 32.1. The smallest absolute Gasteiger partial charge is 0.271 e. The van der Waals surface area contributed by atoms with E-state index in [4.69, 9.17) is 0 Å². The molecular weight excluding hydrogens is 334 g/mol. The first-order chi connectivity index (χ1) is 12.0. The Morgan fingerprint density at radius 1 is 1.24 bits per heavy atom. The molecule has 0 saturated carbocycles. The molecule has 25 heavy (non-hydrogen) atoms. The van der Waals surface area contributed by atoms with Crippen molar-refractivity contribution in [2.45, 2.75) is 33.4 Å². The molecule has 0 aliphatic heterocycles. The number of hydrogen-bond acceptors (Lipinski definition) is 4. The van der Waals surface area contributed by atoms with Gasteiger partial charge in [0.25, 0.3) is 5.56 Å². The lowest BCUT2D eigenvalue weighted by molar-refractivity contribution is -0.122. The molecule has 2 aromatic heterocycles. The first-order valence-corrected chi connectivity index (χ1v) is 9.11. The number of amides is 1. The molecule has 0 aliphatic rings. The summed E-state index contributed by atoms with van der Waals surface area (Å²) in [6, 6.07) is 11.9. The van der Waals surface area contributed by atoms with E-state index in [9.17, 15) is 9.59 Å². The minimum Gasteiger partial charge on any atom is -0.352 e. The van der Waals surface area contributed by atoms with E-state index in [-0.39, 0.29) is 24.1 Å². The van der Waals surface area contributed by atoms with Crippen molar-refractivity contribution in [2.75, 3.05) is 0 Å². The monoisotopic (exact) mass is 355 g/mol. The Labute approximate surface area is 150 Å². The van der Waals surface area contributed by atoms with Gasteiger partial charge in [0.2, 0.25) is 5.91 Å². The van der Waals surface area contributed by atoms with Gasteiger partial charge in [0.15, 0.2) is 0 Å². The number of carbonyl (C=O) groups excluding carboxylic acids is 1. The van der Waals surface area contributed by atoms with Crippen LogP contribution in [0.4, 0.5) is 0 Å². The first kappa shape index (κ1) is 17.4. The van der Waals surface area contributed by atoms with Crippen molar-refractivity contribution in [3.05, 3.63) is 53.1 Å². The maximum absolute atomic E-state index is 12.7. The summed E-state index contributed by atoms with van der Waals surface area (Å²) in [5.41, 5.74) is 1.55. The minimum atomic E-state index is -0.177. The highest BCUT2D eigenvalue weighted by Crippen LogP contribution is 2.30. The lowest BCUT2D eigenvalue weighted by atomic mass is 10.1. The van der Waals surface area contributed by atoms with Crippen molar-refractivity contribution in [3.63, 3.8) is 0 Å². The van der Waals surface area contributed by atoms with Crippen molar-refractivity contribution in [2.24, 2.45) is 5.92 Å². The maximum atomic E-state index is 12.7. The Morgan fingerprint density at radius 3 is 2.64 bits per heavy atom. The molecule has 0 aliphatic carbocycles. The van der Waals surface area contributed by atoms with Gasteiger partial charge in [-0.1, -0.05) is 44.2 Å². The zero-order valence-electron chi connectivity index (χ0n) is 14.5. The molecule has 0 bridgehead atoms. The fourth-order valence-electron chi connectivity index (χ4n) is 2.42. The zero-order chi connectivity index (χ0) is 18.0. The highest BCUT2D eigenvalue weighted by Gasteiger charge is 2.14. The van der Waals surface area contributed by atoms with Gasteiger partial charge in [0.05, 0.1) is 11.8 Å². The molecule has 1 unspecified atom stereocenters. The number of fused-ring (bicyclic) bond motifs is 1. The molecule has 130 valence electrons. The summed E-state index contributed by atoms with van der Waals surface area (Å²) in [4.78, 5) is 30.2. The van der Waals surface area contributed by atoms with Gasteiger partial charge >= 0.3 is 0 Å². The molecule has 0 fully saturated rings. The Bertz CT molecular complexity index is 944. The van der Waals surface area contributed by atoms with Crippen LogP contribution in [0.15, 0.2) is 47.5 Å². The standard InChI is InChI=1S/C19H21N3O2S/c1-12(2)13(3)21-17(23)10-22-11-20-15-9-16(25-18(15)19(22)24)14-7-5-4-6-8-14/h4-9,11-13H,10H2,1-3H3,(H,21,23). The number of nitrogens with one attached hydrogen (secondary N) is 1. The van der Waals surface area contributed by atoms with Crippen LogP contribution in [0.5, 0.6) is 0 Å². The predicted molar refractivity (Wildman–Crippen MR) is 102 cm³/mol. The molecule has 5 nitrogen and oxygen atoms in total. The topological polar surface area (TPSA) is 64.0 Å². The Balaban J connectivity index is 1.87. The molecule has 2 heterocycles. The molecule has 1 N–H and O–H groups in total. The molecule has 0 spiro atoms. The second-order valence-electron chi connectivity index (χ2n) is 6.47. The summed E-state index contributed by atoms with van der Waals surface area (Å²) >= 11 is 1.41. The summed E-state index contributed by atoms with van der Waals surface area (Å²) in [6.07, 6.45) is 1.45. The molecule has 1 aromatic carbocycles. The second kappa shape index (κ2) is 7.19. The molecular formula is C19H21N3O2S. The van der Waals surface area contributed by atoms with E-state index in [1.807, 2.05) is 57.2 Å². The molecule has 1 amide bonds.